The Morgan fingerprint density at radius 2 is 2.10 bits per heavy atom. The number of nitrogens with one attached hydrogen (secondary N) is 1. The second kappa shape index (κ2) is 5.45. The highest BCUT2D eigenvalue weighted by molar-refractivity contribution is 7.13. The third-order valence-electron chi connectivity index (χ3n) is 2.69. The van der Waals surface area contributed by atoms with Gasteiger partial charge in [-0.3, -0.25) is 4.79 Å². The van der Waals surface area contributed by atoms with E-state index < -0.39 is 17.5 Å². The summed E-state index contributed by atoms with van der Waals surface area (Å²) >= 11 is 1.44. The molecule has 106 valence electrons. The van der Waals surface area contributed by atoms with E-state index in [9.17, 15) is 13.6 Å². The Bertz CT molecular complexity index is 784. The molecule has 4 nitrogen and oxygen atoms in total. The summed E-state index contributed by atoms with van der Waals surface area (Å²) in [5.41, 5.74) is -0.107. The molecule has 21 heavy (non-hydrogen) atoms. The number of halogens is 2. The fraction of sp³-hybridized carbons (Fsp3) is 0. The zero-order chi connectivity index (χ0) is 14.8. The van der Waals surface area contributed by atoms with Crippen molar-refractivity contribution in [1.29, 1.82) is 0 Å². The molecule has 0 unspecified atom stereocenters. The molecule has 0 aliphatic carbocycles. The van der Waals surface area contributed by atoms with Crippen LogP contribution in [-0.2, 0) is 0 Å². The summed E-state index contributed by atoms with van der Waals surface area (Å²) in [5, 5.41) is 7.82. The SMILES string of the molecule is O=C(Nc1ccc(F)cc1F)c1cc(-c2cccs2)on1. The van der Waals surface area contributed by atoms with Crippen molar-refractivity contribution in [2.24, 2.45) is 0 Å². The first kappa shape index (κ1) is 13.4. The van der Waals surface area contributed by atoms with Crippen LogP contribution in [0.15, 0.2) is 46.3 Å². The van der Waals surface area contributed by atoms with E-state index in [1.54, 1.807) is 0 Å². The Morgan fingerprint density at radius 3 is 2.81 bits per heavy atom. The van der Waals surface area contributed by atoms with E-state index in [1.165, 1.54) is 17.4 Å². The van der Waals surface area contributed by atoms with Gasteiger partial charge in [0.25, 0.3) is 5.91 Å². The van der Waals surface area contributed by atoms with E-state index in [0.29, 0.717) is 11.8 Å². The molecule has 0 atom stereocenters. The zero-order valence-electron chi connectivity index (χ0n) is 10.5. The van der Waals surface area contributed by atoms with E-state index in [2.05, 4.69) is 10.5 Å². The first-order valence-electron chi connectivity index (χ1n) is 5.90. The average molecular weight is 306 g/mol. The van der Waals surface area contributed by atoms with Crippen molar-refractivity contribution < 1.29 is 18.1 Å². The minimum absolute atomic E-state index is 0.0159. The predicted octanol–water partition coefficient (Wildman–Crippen LogP) is 3.93. The maximum absolute atomic E-state index is 13.5. The number of anilines is 1. The van der Waals surface area contributed by atoms with Gasteiger partial charge < -0.3 is 9.84 Å². The van der Waals surface area contributed by atoms with E-state index in [4.69, 9.17) is 4.52 Å². The lowest BCUT2D eigenvalue weighted by Crippen LogP contribution is -2.13. The Morgan fingerprint density at radius 1 is 1.24 bits per heavy atom. The number of hydrogen-bond donors (Lipinski definition) is 1. The normalized spacial score (nSPS) is 10.6. The van der Waals surface area contributed by atoms with Crippen LogP contribution >= 0.6 is 11.3 Å². The summed E-state index contributed by atoms with van der Waals surface area (Å²) in [7, 11) is 0. The maximum Gasteiger partial charge on any atom is 0.277 e. The molecule has 1 N–H and O–H groups in total. The number of rotatable bonds is 3. The number of benzene rings is 1. The Balaban J connectivity index is 1.79. The smallest absolute Gasteiger partial charge is 0.277 e. The van der Waals surface area contributed by atoms with E-state index in [0.717, 1.165) is 17.0 Å². The van der Waals surface area contributed by atoms with Crippen LogP contribution in [0.1, 0.15) is 10.5 Å². The molecule has 2 heterocycles. The summed E-state index contributed by atoms with van der Waals surface area (Å²) in [5.74, 6) is -1.75. The lowest BCUT2D eigenvalue weighted by Gasteiger charge is -2.03. The highest BCUT2D eigenvalue weighted by Gasteiger charge is 2.16. The van der Waals surface area contributed by atoms with Crippen molar-refractivity contribution >= 4 is 22.9 Å². The van der Waals surface area contributed by atoms with Gasteiger partial charge in [0, 0.05) is 12.1 Å². The molecular formula is C14H8F2N2O2S. The standard InChI is InChI=1S/C14H8F2N2O2S/c15-8-3-4-10(9(16)6-8)17-14(19)11-7-12(20-18-11)13-2-1-5-21-13/h1-7H,(H,17,19). The predicted molar refractivity (Wildman–Crippen MR) is 74.1 cm³/mol. The molecule has 2 aromatic heterocycles. The molecule has 0 aliphatic rings. The van der Waals surface area contributed by atoms with Crippen LogP contribution in [0.4, 0.5) is 14.5 Å². The lowest BCUT2D eigenvalue weighted by atomic mass is 10.2. The number of hydrogen-bond acceptors (Lipinski definition) is 4. The molecule has 0 radical (unpaired) electrons. The molecular weight excluding hydrogens is 298 g/mol. The van der Waals surface area contributed by atoms with E-state index in [1.807, 2.05) is 17.5 Å². The molecule has 0 aliphatic heterocycles. The summed E-state index contributed by atoms with van der Waals surface area (Å²) in [6.07, 6.45) is 0. The minimum atomic E-state index is -0.856. The summed E-state index contributed by atoms with van der Waals surface area (Å²) < 4.78 is 31.3. The summed E-state index contributed by atoms with van der Waals surface area (Å²) in [4.78, 5) is 12.8. The molecule has 1 aromatic carbocycles. The van der Waals surface area contributed by atoms with Crippen LogP contribution in [0.2, 0.25) is 0 Å². The number of carbonyl (C=O) groups is 1. The molecule has 1 amide bonds. The summed E-state index contributed by atoms with van der Waals surface area (Å²) in [6.45, 7) is 0. The molecule has 0 spiro atoms. The van der Waals surface area contributed by atoms with Gasteiger partial charge >= 0.3 is 0 Å². The van der Waals surface area contributed by atoms with Crippen molar-refractivity contribution in [2.75, 3.05) is 5.32 Å². The van der Waals surface area contributed by atoms with Gasteiger partial charge in [-0.05, 0) is 23.6 Å². The molecule has 0 saturated heterocycles. The third kappa shape index (κ3) is 2.82. The molecule has 0 fully saturated rings. The van der Waals surface area contributed by atoms with Gasteiger partial charge in [0.15, 0.2) is 11.5 Å². The largest absolute Gasteiger partial charge is 0.355 e. The molecule has 3 aromatic rings. The topological polar surface area (TPSA) is 55.1 Å². The maximum atomic E-state index is 13.5. The molecule has 7 heteroatoms. The van der Waals surface area contributed by atoms with Gasteiger partial charge in [-0.1, -0.05) is 11.2 Å². The van der Waals surface area contributed by atoms with E-state index >= 15 is 0 Å². The Hall–Kier alpha value is -2.54. The van der Waals surface area contributed by atoms with Crippen LogP contribution < -0.4 is 5.32 Å². The van der Waals surface area contributed by atoms with Gasteiger partial charge in [0.1, 0.15) is 11.6 Å². The van der Waals surface area contributed by atoms with Crippen LogP contribution in [0.25, 0.3) is 10.6 Å². The van der Waals surface area contributed by atoms with Crippen molar-refractivity contribution in [2.45, 2.75) is 0 Å². The number of carbonyl (C=O) groups excluding carboxylic acids is 1. The Labute approximate surface area is 122 Å². The van der Waals surface area contributed by atoms with Crippen LogP contribution in [0.5, 0.6) is 0 Å². The highest BCUT2D eigenvalue weighted by atomic mass is 32.1. The summed E-state index contributed by atoms with van der Waals surface area (Å²) in [6, 6.07) is 8.02. The van der Waals surface area contributed by atoms with E-state index in [-0.39, 0.29) is 11.4 Å². The Kier molecular flexibility index (Phi) is 3.49. The van der Waals surface area contributed by atoms with Gasteiger partial charge in [0.2, 0.25) is 0 Å². The highest BCUT2D eigenvalue weighted by Crippen LogP contribution is 2.25. The molecule has 0 bridgehead atoms. The van der Waals surface area contributed by atoms with Gasteiger partial charge in [0.05, 0.1) is 10.6 Å². The van der Waals surface area contributed by atoms with Gasteiger partial charge in [-0.15, -0.1) is 11.3 Å². The van der Waals surface area contributed by atoms with Crippen LogP contribution in [0.3, 0.4) is 0 Å². The minimum Gasteiger partial charge on any atom is -0.355 e. The zero-order valence-corrected chi connectivity index (χ0v) is 11.3. The fourth-order valence-corrected chi connectivity index (χ4v) is 2.37. The number of thiophene rings is 1. The fourth-order valence-electron chi connectivity index (χ4n) is 1.69. The van der Waals surface area contributed by atoms with Gasteiger partial charge in [-0.25, -0.2) is 8.78 Å². The van der Waals surface area contributed by atoms with Crippen LogP contribution in [0, 0.1) is 11.6 Å². The van der Waals surface area contributed by atoms with Crippen molar-refractivity contribution in [3.8, 4) is 10.6 Å². The third-order valence-corrected chi connectivity index (χ3v) is 3.57. The first-order valence-corrected chi connectivity index (χ1v) is 6.78. The number of nitrogens with zero attached hydrogens (tertiary/aromatic N) is 1. The quantitative estimate of drug-likeness (QED) is 0.797. The van der Waals surface area contributed by atoms with Crippen LogP contribution in [-0.4, -0.2) is 11.1 Å². The molecule has 3 rings (SSSR count). The average Bonchev–Trinajstić information content (AvgIpc) is 3.10. The monoisotopic (exact) mass is 306 g/mol. The second-order valence-electron chi connectivity index (χ2n) is 4.13. The van der Waals surface area contributed by atoms with Crippen molar-refractivity contribution in [1.82, 2.24) is 5.16 Å². The lowest BCUT2D eigenvalue weighted by molar-refractivity contribution is 0.101. The van der Waals surface area contributed by atoms with Crippen molar-refractivity contribution in [3.63, 3.8) is 0 Å². The second-order valence-corrected chi connectivity index (χ2v) is 5.08. The van der Waals surface area contributed by atoms with Crippen molar-refractivity contribution in [3.05, 3.63) is 59.1 Å². The first-order chi connectivity index (χ1) is 10.1. The van der Waals surface area contributed by atoms with Gasteiger partial charge in [-0.2, -0.15) is 0 Å². The molecule has 0 saturated carbocycles. The number of amides is 1. The number of aromatic nitrogens is 1.